The topological polar surface area (TPSA) is 0 Å². The normalized spacial score (nSPS) is 14.0. The first kappa shape index (κ1) is 6.41. The maximum atomic E-state index is 3.75. The largest absolute Gasteiger partial charge is 0.0988 e. The summed E-state index contributed by atoms with van der Waals surface area (Å²) in [6.07, 6.45) is 5.12. The highest BCUT2D eigenvalue weighted by molar-refractivity contribution is 5.65. The van der Waals surface area contributed by atoms with Crippen LogP contribution in [0, 0.1) is 6.07 Å². The van der Waals surface area contributed by atoms with Crippen LogP contribution >= 0.6 is 0 Å². The fourth-order valence-corrected chi connectivity index (χ4v) is 1.37. The van der Waals surface area contributed by atoms with Crippen molar-refractivity contribution in [3.63, 3.8) is 0 Å². The Balaban J connectivity index is 2.47. The van der Waals surface area contributed by atoms with Crippen molar-refractivity contribution in [2.24, 2.45) is 0 Å². The first-order chi connectivity index (χ1) is 5.40. The summed E-state index contributed by atoms with van der Waals surface area (Å²) in [5, 5.41) is 0. The van der Waals surface area contributed by atoms with Crippen LogP contribution in [-0.4, -0.2) is 0 Å². The van der Waals surface area contributed by atoms with E-state index in [1.165, 1.54) is 16.7 Å². The molecule has 0 unspecified atom stereocenters. The van der Waals surface area contributed by atoms with E-state index in [1.54, 1.807) is 0 Å². The van der Waals surface area contributed by atoms with Gasteiger partial charge in [0.05, 0.1) is 0 Å². The van der Waals surface area contributed by atoms with Gasteiger partial charge >= 0.3 is 0 Å². The van der Waals surface area contributed by atoms with Gasteiger partial charge in [-0.3, -0.25) is 0 Å². The molecule has 11 heavy (non-hydrogen) atoms. The lowest BCUT2D eigenvalue weighted by molar-refractivity contribution is 1.25. The Morgan fingerprint density at radius 2 is 2.45 bits per heavy atom. The Morgan fingerprint density at radius 3 is 3.18 bits per heavy atom. The molecule has 0 fully saturated rings. The summed E-state index contributed by atoms with van der Waals surface area (Å²) >= 11 is 0. The van der Waals surface area contributed by atoms with Crippen LogP contribution in [0.5, 0.6) is 0 Å². The molecule has 0 atom stereocenters. The Hall–Kier alpha value is -1.30. The quantitative estimate of drug-likeness (QED) is 0.564. The molecule has 0 saturated heterocycles. The van der Waals surface area contributed by atoms with Crippen molar-refractivity contribution in [1.29, 1.82) is 0 Å². The van der Waals surface area contributed by atoms with Crippen molar-refractivity contribution in [2.45, 2.75) is 6.42 Å². The number of hydrogen-bond acceptors (Lipinski definition) is 0. The van der Waals surface area contributed by atoms with Crippen LogP contribution in [0.4, 0.5) is 0 Å². The average Bonchev–Trinajstić information content (AvgIpc) is 2.46. The molecule has 53 valence electrons. The van der Waals surface area contributed by atoms with Crippen LogP contribution in [0.1, 0.15) is 11.1 Å². The zero-order chi connectivity index (χ0) is 7.68. The van der Waals surface area contributed by atoms with Crippen LogP contribution in [0.3, 0.4) is 0 Å². The molecule has 1 aromatic carbocycles. The van der Waals surface area contributed by atoms with Gasteiger partial charge in [0, 0.05) is 0 Å². The molecule has 0 aliphatic heterocycles. The number of benzene rings is 1. The highest BCUT2D eigenvalue weighted by Gasteiger charge is 2.07. The molecular formula is C11H9. The van der Waals surface area contributed by atoms with Crippen LogP contribution in [-0.2, 0) is 6.42 Å². The third-order valence-corrected chi connectivity index (χ3v) is 1.99. The predicted molar refractivity (Wildman–Crippen MR) is 47.2 cm³/mol. The van der Waals surface area contributed by atoms with Crippen LogP contribution in [0.15, 0.2) is 36.4 Å². The van der Waals surface area contributed by atoms with Crippen molar-refractivity contribution in [2.75, 3.05) is 0 Å². The summed E-state index contributed by atoms with van der Waals surface area (Å²) in [7, 11) is 0. The lowest BCUT2D eigenvalue weighted by Gasteiger charge is -1.93. The van der Waals surface area contributed by atoms with Crippen molar-refractivity contribution in [3.8, 4) is 0 Å². The summed E-state index contributed by atoms with van der Waals surface area (Å²) in [5.74, 6) is 0. The molecule has 1 aliphatic carbocycles. The Bertz CT molecular complexity index is 319. The smallest absolute Gasteiger partial charge is 0.00196 e. The van der Waals surface area contributed by atoms with Crippen LogP contribution in [0.2, 0.25) is 0 Å². The fraction of sp³-hybridized carbons (Fsp3) is 0.0909. The first-order valence-corrected chi connectivity index (χ1v) is 3.72. The molecular weight excluding hydrogens is 132 g/mol. The van der Waals surface area contributed by atoms with Crippen molar-refractivity contribution in [3.05, 3.63) is 53.6 Å². The summed E-state index contributed by atoms with van der Waals surface area (Å²) in [5.41, 5.74) is 3.99. The molecule has 0 heteroatoms. The van der Waals surface area contributed by atoms with E-state index < -0.39 is 0 Å². The Kier molecular flexibility index (Phi) is 1.39. The molecule has 0 spiro atoms. The molecule has 1 aliphatic rings. The van der Waals surface area contributed by atoms with E-state index >= 15 is 0 Å². The predicted octanol–water partition coefficient (Wildman–Crippen LogP) is 2.61. The maximum absolute atomic E-state index is 3.75. The third-order valence-electron chi connectivity index (χ3n) is 1.99. The van der Waals surface area contributed by atoms with E-state index in [2.05, 4.69) is 24.8 Å². The second-order valence-corrected chi connectivity index (χ2v) is 2.73. The van der Waals surface area contributed by atoms with E-state index in [0.717, 1.165) is 6.42 Å². The second kappa shape index (κ2) is 2.39. The molecule has 0 amide bonds. The highest BCUT2D eigenvalue weighted by Crippen LogP contribution is 2.24. The van der Waals surface area contributed by atoms with E-state index in [-0.39, 0.29) is 0 Å². The summed E-state index contributed by atoms with van der Waals surface area (Å²) in [6.45, 7) is 3.75. The molecule has 2 rings (SSSR count). The number of hydrogen-bond donors (Lipinski definition) is 0. The van der Waals surface area contributed by atoms with Gasteiger partial charge in [-0.1, -0.05) is 36.9 Å². The standard InChI is InChI=1S/C11H9/c1-2-9-7-10-5-3-4-6-11(10)8-9/h2-3,5-7H,1,8H2. The molecule has 0 aromatic heterocycles. The third kappa shape index (κ3) is 1.01. The zero-order valence-corrected chi connectivity index (χ0v) is 6.30. The first-order valence-electron chi connectivity index (χ1n) is 3.72. The molecule has 1 radical (unpaired) electrons. The van der Waals surface area contributed by atoms with Crippen molar-refractivity contribution < 1.29 is 0 Å². The van der Waals surface area contributed by atoms with Gasteiger partial charge in [0.25, 0.3) is 0 Å². The molecule has 0 saturated carbocycles. The van der Waals surface area contributed by atoms with Crippen molar-refractivity contribution >= 4 is 6.08 Å². The molecule has 0 bridgehead atoms. The number of fused-ring (bicyclic) bond motifs is 1. The fourth-order valence-electron chi connectivity index (χ4n) is 1.37. The Morgan fingerprint density at radius 1 is 1.55 bits per heavy atom. The lowest BCUT2D eigenvalue weighted by atomic mass is 10.1. The van der Waals surface area contributed by atoms with Crippen molar-refractivity contribution in [1.82, 2.24) is 0 Å². The Labute approximate surface area is 66.9 Å². The molecule has 1 aromatic rings. The minimum absolute atomic E-state index is 1.02. The van der Waals surface area contributed by atoms with Gasteiger partial charge in [-0.15, -0.1) is 0 Å². The van der Waals surface area contributed by atoms with E-state index in [0.29, 0.717) is 0 Å². The van der Waals surface area contributed by atoms with Gasteiger partial charge in [0.1, 0.15) is 0 Å². The molecule has 0 nitrogen and oxygen atoms in total. The minimum Gasteiger partial charge on any atom is -0.0988 e. The average molecular weight is 141 g/mol. The maximum Gasteiger partial charge on any atom is -0.00196 e. The van der Waals surface area contributed by atoms with E-state index in [9.17, 15) is 0 Å². The van der Waals surface area contributed by atoms with Gasteiger partial charge in [0.15, 0.2) is 0 Å². The van der Waals surface area contributed by atoms with Gasteiger partial charge in [0.2, 0.25) is 0 Å². The van der Waals surface area contributed by atoms with E-state index in [1.807, 2.05) is 18.2 Å². The summed E-state index contributed by atoms with van der Waals surface area (Å²) in [6, 6.07) is 9.15. The zero-order valence-electron chi connectivity index (χ0n) is 6.30. The summed E-state index contributed by atoms with van der Waals surface area (Å²) < 4.78 is 0. The van der Waals surface area contributed by atoms with Crippen LogP contribution < -0.4 is 0 Å². The van der Waals surface area contributed by atoms with Gasteiger partial charge in [-0.2, -0.15) is 0 Å². The van der Waals surface area contributed by atoms with Gasteiger partial charge in [-0.25, -0.2) is 0 Å². The SMILES string of the molecule is C=CC1=Cc2cc[c]cc2C1. The van der Waals surface area contributed by atoms with Gasteiger partial charge < -0.3 is 0 Å². The highest BCUT2D eigenvalue weighted by atomic mass is 14.1. The lowest BCUT2D eigenvalue weighted by Crippen LogP contribution is -1.80. The summed E-state index contributed by atoms with van der Waals surface area (Å²) in [4.78, 5) is 0. The second-order valence-electron chi connectivity index (χ2n) is 2.73. The molecule has 0 N–H and O–H groups in total. The molecule has 0 heterocycles. The van der Waals surface area contributed by atoms with E-state index in [4.69, 9.17) is 0 Å². The van der Waals surface area contributed by atoms with Crippen LogP contribution in [0.25, 0.3) is 6.08 Å². The van der Waals surface area contributed by atoms with Gasteiger partial charge in [-0.05, 0) is 29.2 Å². The number of allylic oxidation sites excluding steroid dienone is 2. The minimum atomic E-state index is 1.02. The monoisotopic (exact) mass is 141 g/mol. The number of rotatable bonds is 1.